The molecule has 0 saturated heterocycles. The second-order valence-corrected chi connectivity index (χ2v) is 9.03. The van der Waals surface area contributed by atoms with Gasteiger partial charge < -0.3 is 10.3 Å². The number of H-pyrrole nitrogens is 1. The number of nitrogens with one attached hydrogen (secondary N) is 2. The van der Waals surface area contributed by atoms with Crippen LogP contribution >= 0.6 is 23.1 Å². The third kappa shape index (κ3) is 4.81. The Morgan fingerprint density at radius 3 is 2.55 bits per heavy atom. The van der Waals surface area contributed by atoms with Crippen LogP contribution in [0.25, 0.3) is 10.2 Å². The number of rotatable bonds is 5. The fourth-order valence-electron chi connectivity index (χ4n) is 2.63. The van der Waals surface area contributed by atoms with E-state index in [9.17, 15) is 22.8 Å². The highest BCUT2D eigenvalue weighted by Crippen LogP contribution is 2.30. The minimum atomic E-state index is -4.42. The van der Waals surface area contributed by atoms with E-state index >= 15 is 0 Å². The molecule has 0 aliphatic rings. The third-order valence-electron chi connectivity index (χ3n) is 4.41. The quantitative estimate of drug-likeness (QED) is 0.592. The Labute approximate surface area is 172 Å². The van der Waals surface area contributed by atoms with Crippen LogP contribution in [-0.2, 0) is 16.7 Å². The molecule has 0 fully saturated rings. The van der Waals surface area contributed by atoms with Crippen LogP contribution in [0.1, 0.15) is 28.8 Å². The Kier molecular flexibility index (Phi) is 6.04. The van der Waals surface area contributed by atoms with Gasteiger partial charge in [-0.15, -0.1) is 23.1 Å². The maximum atomic E-state index is 12.6. The molecular weight excluding hydrogens is 423 g/mol. The third-order valence-corrected chi connectivity index (χ3v) is 6.66. The molecule has 1 amide bonds. The maximum Gasteiger partial charge on any atom is 0.416 e. The highest BCUT2D eigenvalue weighted by molar-refractivity contribution is 7.99. The van der Waals surface area contributed by atoms with Crippen LogP contribution in [0.2, 0.25) is 0 Å². The highest BCUT2D eigenvalue weighted by Gasteiger charge is 2.30. The van der Waals surface area contributed by atoms with E-state index in [2.05, 4.69) is 15.3 Å². The number of amides is 1. The zero-order valence-corrected chi connectivity index (χ0v) is 17.4. The van der Waals surface area contributed by atoms with Crippen LogP contribution in [0.3, 0.4) is 0 Å². The second-order valence-electron chi connectivity index (χ2n) is 6.49. The van der Waals surface area contributed by atoms with Crippen LogP contribution in [0.4, 0.5) is 18.9 Å². The standard InChI is InChI=1S/C19H18F3N3O2S2/c1-9-10(2)29-18-15(9)17(27)24-14(25-18)8-28-11(3)16(26)23-13-6-4-12(5-7-13)19(20,21)22/h4-7,11H,8H2,1-3H3,(H,23,26)(H,24,25,27). The molecule has 0 saturated carbocycles. The smallest absolute Gasteiger partial charge is 0.325 e. The number of carbonyl (C=O) groups is 1. The lowest BCUT2D eigenvalue weighted by atomic mass is 10.2. The highest BCUT2D eigenvalue weighted by atomic mass is 32.2. The Bertz CT molecular complexity index is 1100. The first-order valence-corrected chi connectivity index (χ1v) is 10.5. The van der Waals surface area contributed by atoms with E-state index in [1.54, 1.807) is 6.92 Å². The normalized spacial score (nSPS) is 12.9. The number of thioether (sulfide) groups is 1. The van der Waals surface area contributed by atoms with E-state index in [-0.39, 0.29) is 17.2 Å². The Morgan fingerprint density at radius 2 is 1.93 bits per heavy atom. The number of anilines is 1. The number of aromatic nitrogens is 2. The molecule has 0 bridgehead atoms. The van der Waals surface area contributed by atoms with Gasteiger partial charge in [-0.3, -0.25) is 9.59 Å². The largest absolute Gasteiger partial charge is 0.416 e. The SMILES string of the molecule is Cc1sc2nc(CSC(C)C(=O)Nc3ccc(C(F)(F)F)cc3)[nH]c(=O)c2c1C. The van der Waals surface area contributed by atoms with Gasteiger partial charge in [0.1, 0.15) is 10.7 Å². The summed E-state index contributed by atoms with van der Waals surface area (Å²) in [5.74, 6) is 0.451. The van der Waals surface area contributed by atoms with Crippen molar-refractivity contribution in [3.05, 3.63) is 56.4 Å². The molecule has 2 aromatic heterocycles. The number of aromatic amines is 1. The lowest BCUT2D eigenvalue weighted by Gasteiger charge is -2.13. The van der Waals surface area contributed by atoms with Crippen molar-refractivity contribution in [2.24, 2.45) is 0 Å². The van der Waals surface area contributed by atoms with Crippen molar-refractivity contribution in [3.63, 3.8) is 0 Å². The summed E-state index contributed by atoms with van der Waals surface area (Å²) >= 11 is 2.72. The van der Waals surface area contributed by atoms with Gasteiger partial charge in [0, 0.05) is 10.6 Å². The molecule has 0 radical (unpaired) electrons. The van der Waals surface area contributed by atoms with E-state index in [1.165, 1.54) is 35.2 Å². The molecule has 1 aromatic carbocycles. The molecule has 0 aliphatic heterocycles. The summed E-state index contributed by atoms with van der Waals surface area (Å²) in [4.78, 5) is 33.5. The summed E-state index contributed by atoms with van der Waals surface area (Å²) in [5, 5.41) is 2.69. The fraction of sp³-hybridized carbons (Fsp3) is 0.316. The molecule has 3 rings (SSSR count). The number of benzene rings is 1. The van der Waals surface area contributed by atoms with E-state index < -0.39 is 17.0 Å². The van der Waals surface area contributed by atoms with Gasteiger partial charge in [0.25, 0.3) is 5.56 Å². The number of nitrogens with zero attached hydrogens (tertiary/aromatic N) is 1. The number of hydrogen-bond acceptors (Lipinski definition) is 5. The molecule has 5 nitrogen and oxygen atoms in total. The number of hydrogen-bond donors (Lipinski definition) is 2. The first-order valence-electron chi connectivity index (χ1n) is 8.65. The average molecular weight is 442 g/mol. The Balaban J connectivity index is 1.63. The van der Waals surface area contributed by atoms with Crippen LogP contribution < -0.4 is 10.9 Å². The minimum Gasteiger partial charge on any atom is -0.325 e. The first-order chi connectivity index (χ1) is 13.6. The van der Waals surface area contributed by atoms with Gasteiger partial charge in [-0.1, -0.05) is 0 Å². The van der Waals surface area contributed by atoms with Gasteiger partial charge in [0.2, 0.25) is 5.91 Å². The zero-order valence-electron chi connectivity index (χ0n) is 15.8. The molecular formula is C19H18F3N3O2S2. The number of alkyl halides is 3. The van der Waals surface area contributed by atoms with Crippen molar-refractivity contribution in [1.82, 2.24) is 9.97 Å². The summed E-state index contributed by atoms with van der Waals surface area (Å²) in [6.07, 6.45) is -4.42. The van der Waals surface area contributed by atoms with Crippen LogP contribution in [0.15, 0.2) is 29.1 Å². The van der Waals surface area contributed by atoms with Crippen molar-refractivity contribution in [3.8, 4) is 0 Å². The van der Waals surface area contributed by atoms with E-state index in [4.69, 9.17) is 0 Å². The monoisotopic (exact) mass is 441 g/mol. The Morgan fingerprint density at radius 1 is 1.28 bits per heavy atom. The average Bonchev–Trinajstić information content (AvgIpc) is 2.93. The molecule has 2 N–H and O–H groups in total. The summed E-state index contributed by atoms with van der Waals surface area (Å²) < 4.78 is 37.8. The molecule has 2 heterocycles. The van der Waals surface area contributed by atoms with Crippen molar-refractivity contribution in [2.45, 2.75) is 38.0 Å². The predicted molar refractivity (Wildman–Crippen MR) is 111 cm³/mol. The minimum absolute atomic E-state index is 0.200. The molecule has 1 atom stereocenters. The lowest BCUT2D eigenvalue weighted by Crippen LogP contribution is -2.23. The summed E-state index contributed by atoms with van der Waals surface area (Å²) in [6.45, 7) is 5.50. The van der Waals surface area contributed by atoms with Crippen molar-refractivity contribution < 1.29 is 18.0 Å². The zero-order chi connectivity index (χ0) is 21.3. The van der Waals surface area contributed by atoms with Gasteiger partial charge in [0.15, 0.2) is 0 Å². The van der Waals surface area contributed by atoms with Gasteiger partial charge in [-0.2, -0.15) is 13.2 Å². The molecule has 1 unspecified atom stereocenters. The second kappa shape index (κ2) is 8.19. The molecule has 10 heteroatoms. The first kappa shape index (κ1) is 21.4. The van der Waals surface area contributed by atoms with E-state index in [0.29, 0.717) is 21.8 Å². The number of aryl methyl sites for hydroxylation is 2. The van der Waals surface area contributed by atoms with Gasteiger partial charge in [-0.25, -0.2) is 4.98 Å². The van der Waals surface area contributed by atoms with Crippen molar-refractivity contribution in [1.29, 1.82) is 0 Å². The summed E-state index contributed by atoms with van der Waals surface area (Å²) in [6, 6.07) is 4.27. The molecule has 3 aromatic rings. The van der Waals surface area contributed by atoms with Crippen LogP contribution in [-0.4, -0.2) is 21.1 Å². The Hall–Kier alpha value is -2.33. The van der Waals surface area contributed by atoms with Crippen molar-refractivity contribution >= 4 is 44.9 Å². The van der Waals surface area contributed by atoms with Crippen LogP contribution in [0, 0.1) is 13.8 Å². The number of fused-ring (bicyclic) bond motifs is 1. The molecule has 0 spiro atoms. The molecule has 154 valence electrons. The molecule has 0 aliphatic carbocycles. The maximum absolute atomic E-state index is 12.6. The summed E-state index contributed by atoms with van der Waals surface area (Å²) in [7, 11) is 0. The fourth-order valence-corrected chi connectivity index (χ4v) is 4.44. The number of carbonyl (C=O) groups excluding carboxylic acids is 1. The predicted octanol–water partition coefficient (Wildman–Crippen LogP) is 4.88. The summed E-state index contributed by atoms with van der Waals surface area (Å²) in [5.41, 5.74) is 0.229. The topological polar surface area (TPSA) is 74.8 Å². The van der Waals surface area contributed by atoms with E-state index in [1.807, 2.05) is 13.8 Å². The number of thiophene rings is 1. The van der Waals surface area contributed by atoms with Crippen LogP contribution in [0.5, 0.6) is 0 Å². The van der Waals surface area contributed by atoms with Crippen molar-refractivity contribution in [2.75, 3.05) is 5.32 Å². The lowest BCUT2D eigenvalue weighted by molar-refractivity contribution is -0.137. The van der Waals surface area contributed by atoms with Gasteiger partial charge in [-0.05, 0) is 50.6 Å². The van der Waals surface area contributed by atoms with Gasteiger partial charge >= 0.3 is 6.18 Å². The van der Waals surface area contributed by atoms with E-state index in [0.717, 1.165) is 22.6 Å². The van der Waals surface area contributed by atoms with Gasteiger partial charge in [0.05, 0.1) is 22.0 Å². The number of halogens is 3. The molecule has 29 heavy (non-hydrogen) atoms.